The second-order valence-corrected chi connectivity index (χ2v) is 8.17. The van der Waals surface area contributed by atoms with Crippen molar-refractivity contribution in [2.24, 2.45) is 11.1 Å². The lowest BCUT2D eigenvalue weighted by atomic mass is 10.0. The second kappa shape index (κ2) is 8.19. The molecule has 5 nitrogen and oxygen atoms in total. The average Bonchev–Trinajstić information content (AvgIpc) is 2.54. The molecule has 0 heterocycles. The Balaban J connectivity index is 2.16. The van der Waals surface area contributed by atoms with E-state index >= 15 is 0 Å². The van der Waals surface area contributed by atoms with E-state index in [9.17, 15) is 13.5 Å². The molecule has 0 saturated heterocycles. The molecule has 1 atom stereocenters. The Bertz CT molecular complexity index is 819. The molecule has 0 amide bonds. The van der Waals surface area contributed by atoms with E-state index < -0.39 is 16.1 Å². The molecule has 0 aliphatic heterocycles. The van der Waals surface area contributed by atoms with Crippen LogP contribution in [0, 0.1) is 5.92 Å². The monoisotopic (exact) mass is 383 g/mol. The lowest BCUT2D eigenvalue weighted by Gasteiger charge is -2.14. The van der Waals surface area contributed by atoms with Gasteiger partial charge in [0.1, 0.15) is 16.7 Å². The minimum Gasteiger partial charge on any atom is -0.494 e. The third-order valence-electron chi connectivity index (χ3n) is 3.74. The maximum absolute atomic E-state index is 11.6. The van der Waals surface area contributed by atoms with Crippen molar-refractivity contribution >= 4 is 21.6 Å². The van der Waals surface area contributed by atoms with Gasteiger partial charge < -0.3 is 9.84 Å². The molecule has 0 bridgehead atoms. The molecular weight excluding hydrogens is 362 g/mol. The van der Waals surface area contributed by atoms with Gasteiger partial charge in [0.2, 0.25) is 10.0 Å². The molecular formula is C18H22ClNO4S. The normalized spacial score (nSPS) is 13.0. The predicted molar refractivity (Wildman–Crippen MR) is 98.3 cm³/mol. The van der Waals surface area contributed by atoms with Crippen LogP contribution in [0.1, 0.15) is 37.5 Å². The first-order chi connectivity index (χ1) is 11.7. The molecule has 1 unspecified atom stereocenters. The third kappa shape index (κ3) is 5.44. The Labute approximate surface area is 153 Å². The van der Waals surface area contributed by atoms with Crippen molar-refractivity contribution in [2.75, 3.05) is 6.61 Å². The van der Waals surface area contributed by atoms with Crippen molar-refractivity contribution in [1.29, 1.82) is 0 Å². The zero-order chi connectivity index (χ0) is 18.6. The number of nitrogens with two attached hydrogens (primary N) is 1. The van der Waals surface area contributed by atoms with Gasteiger partial charge in [-0.25, -0.2) is 13.6 Å². The lowest BCUT2D eigenvalue weighted by molar-refractivity contribution is 0.220. The molecule has 2 rings (SSSR count). The van der Waals surface area contributed by atoms with Crippen molar-refractivity contribution in [3.8, 4) is 5.75 Å². The number of aliphatic hydroxyl groups is 1. The second-order valence-electron chi connectivity index (χ2n) is 6.24. The van der Waals surface area contributed by atoms with Crippen molar-refractivity contribution in [2.45, 2.75) is 31.3 Å². The molecule has 0 aliphatic carbocycles. The molecule has 0 spiro atoms. The Morgan fingerprint density at radius 3 is 2.28 bits per heavy atom. The van der Waals surface area contributed by atoms with Gasteiger partial charge in [-0.3, -0.25) is 0 Å². The summed E-state index contributed by atoms with van der Waals surface area (Å²) in [7, 11) is -3.96. The number of sulfonamides is 1. The van der Waals surface area contributed by atoms with Crippen LogP contribution in [0.3, 0.4) is 0 Å². The van der Waals surface area contributed by atoms with E-state index in [-0.39, 0.29) is 9.92 Å². The van der Waals surface area contributed by atoms with Crippen LogP contribution in [0.15, 0.2) is 47.4 Å². The van der Waals surface area contributed by atoms with Crippen molar-refractivity contribution in [3.63, 3.8) is 0 Å². The first-order valence-corrected chi connectivity index (χ1v) is 9.84. The summed E-state index contributed by atoms with van der Waals surface area (Å²) in [5, 5.41) is 15.7. The fraction of sp³-hybridized carbons (Fsp3) is 0.333. The molecule has 0 aliphatic rings. The number of primary sulfonamides is 1. The summed E-state index contributed by atoms with van der Waals surface area (Å²) in [4.78, 5) is -0.209. The third-order valence-corrected chi connectivity index (χ3v) is 5.13. The Morgan fingerprint density at radius 1 is 1.12 bits per heavy atom. The summed E-state index contributed by atoms with van der Waals surface area (Å²) in [6, 6.07) is 11.3. The number of halogens is 1. The highest BCUT2D eigenvalue weighted by Crippen LogP contribution is 2.29. The minimum atomic E-state index is -3.96. The largest absolute Gasteiger partial charge is 0.494 e. The fourth-order valence-corrected chi connectivity index (χ4v) is 3.34. The van der Waals surface area contributed by atoms with Gasteiger partial charge in [0.15, 0.2) is 0 Å². The number of hydrogen-bond acceptors (Lipinski definition) is 4. The zero-order valence-corrected chi connectivity index (χ0v) is 15.7. The van der Waals surface area contributed by atoms with E-state index in [4.69, 9.17) is 21.5 Å². The molecule has 136 valence electrons. The molecule has 2 aromatic carbocycles. The van der Waals surface area contributed by atoms with Gasteiger partial charge >= 0.3 is 0 Å². The fourth-order valence-electron chi connectivity index (χ4n) is 2.26. The quantitative estimate of drug-likeness (QED) is 0.765. The van der Waals surface area contributed by atoms with Crippen LogP contribution in [0.25, 0.3) is 0 Å². The zero-order valence-electron chi connectivity index (χ0n) is 14.1. The Morgan fingerprint density at radius 2 is 1.72 bits per heavy atom. The SMILES string of the molecule is CC(C)CCOc1ccc(C(O)c2ccc(Cl)c(S(N)(=O)=O)c2)cc1. The van der Waals surface area contributed by atoms with Gasteiger partial charge in [0, 0.05) is 0 Å². The van der Waals surface area contributed by atoms with Crippen LogP contribution >= 0.6 is 11.6 Å². The van der Waals surface area contributed by atoms with Crippen molar-refractivity contribution in [3.05, 3.63) is 58.6 Å². The molecule has 0 aromatic heterocycles. The summed E-state index contributed by atoms with van der Waals surface area (Å²) in [5.74, 6) is 1.29. The van der Waals surface area contributed by atoms with Crippen LogP contribution in [-0.4, -0.2) is 20.1 Å². The van der Waals surface area contributed by atoms with Crippen LogP contribution in [0.2, 0.25) is 5.02 Å². The van der Waals surface area contributed by atoms with E-state index in [1.54, 1.807) is 30.3 Å². The van der Waals surface area contributed by atoms with Crippen LogP contribution in [-0.2, 0) is 10.0 Å². The number of ether oxygens (including phenoxy) is 1. The van der Waals surface area contributed by atoms with Crippen molar-refractivity contribution < 1.29 is 18.3 Å². The van der Waals surface area contributed by atoms with E-state index in [2.05, 4.69) is 13.8 Å². The maximum atomic E-state index is 11.6. The molecule has 25 heavy (non-hydrogen) atoms. The summed E-state index contributed by atoms with van der Waals surface area (Å²) in [6.07, 6.45) is -0.0339. The van der Waals surface area contributed by atoms with Gasteiger partial charge in [-0.1, -0.05) is 43.6 Å². The molecule has 2 aromatic rings. The molecule has 0 saturated carbocycles. The first-order valence-electron chi connectivity index (χ1n) is 7.91. The van der Waals surface area contributed by atoms with Gasteiger partial charge in [0.25, 0.3) is 0 Å². The molecule has 0 fully saturated rings. The highest BCUT2D eigenvalue weighted by Gasteiger charge is 2.17. The topological polar surface area (TPSA) is 89.6 Å². The number of rotatable bonds is 7. The van der Waals surface area contributed by atoms with E-state index in [1.165, 1.54) is 12.1 Å². The Kier molecular flexibility index (Phi) is 6.46. The van der Waals surface area contributed by atoms with E-state index in [0.717, 1.165) is 12.2 Å². The van der Waals surface area contributed by atoms with Gasteiger partial charge in [-0.05, 0) is 47.7 Å². The smallest absolute Gasteiger partial charge is 0.239 e. The highest BCUT2D eigenvalue weighted by atomic mass is 35.5. The average molecular weight is 384 g/mol. The van der Waals surface area contributed by atoms with Crippen LogP contribution < -0.4 is 9.88 Å². The van der Waals surface area contributed by atoms with Crippen molar-refractivity contribution in [1.82, 2.24) is 0 Å². The highest BCUT2D eigenvalue weighted by molar-refractivity contribution is 7.89. The molecule has 3 N–H and O–H groups in total. The summed E-state index contributed by atoms with van der Waals surface area (Å²) in [5.41, 5.74) is 1.00. The minimum absolute atomic E-state index is 0.0207. The number of hydrogen-bond donors (Lipinski definition) is 2. The van der Waals surface area contributed by atoms with Gasteiger partial charge in [0.05, 0.1) is 11.6 Å². The molecule has 7 heteroatoms. The summed E-state index contributed by atoms with van der Waals surface area (Å²) < 4.78 is 28.7. The number of aliphatic hydroxyl groups excluding tert-OH is 1. The van der Waals surface area contributed by atoms with E-state index in [1.807, 2.05) is 0 Å². The lowest BCUT2D eigenvalue weighted by Crippen LogP contribution is -2.13. The Hall–Kier alpha value is -1.60. The standard InChI is InChI=1S/C18H22ClNO4S/c1-12(2)9-10-24-15-6-3-13(4-7-15)18(21)14-5-8-16(19)17(11-14)25(20,22)23/h3-8,11-12,18,21H,9-10H2,1-2H3,(H2,20,22,23). The van der Waals surface area contributed by atoms with Gasteiger partial charge in [-0.2, -0.15) is 0 Å². The van der Waals surface area contributed by atoms with Crippen LogP contribution in [0.5, 0.6) is 5.75 Å². The van der Waals surface area contributed by atoms with Crippen LogP contribution in [0.4, 0.5) is 0 Å². The maximum Gasteiger partial charge on any atom is 0.239 e. The van der Waals surface area contributed by atoms with Gasteiger partial charge in [-0.15, -0.1) is 0 Å². The predicted octanol–water partition coefficient (Wildman–Crippen LogP) is 3.49. The number of benzene rings is 2. The summed E-state index contributed by atoms with van der Waals surface area (Å²) >= 11 is 5.87. The van der Waals surface area contributed by atoms with E-state index in [0.29, 0.717) is 23.7 Å². The molecule has 0 radical (unpaired) electrons. The summed E-state index contributed by atoms with van der Waals surface area (Å²) in [6.45, 7) is 4.89. The first kappa shape index (κ1) is 19.7.